The third kappa shape index (κ3) is 19.3. The second-order valence-corrected chi connectivity index (χ2v) is 14.9. The predicted molar refractivity (Wildman–Crippen MR) is 136 cm³/mol. The number of halogens is 2. The Hall–Kier alpha value is 5.54. The van der Waals surface area contributed by atoms with E-state index >= 15 is 0 Å². The molecule has 0 amide bonds. The summed E-state index contributed by atoms with van der Waals surface area (Å²) in [5, 5.41) is 0.684. The third-order valence-corrected chi connectivity index (χ3v) is 9.85. The maximum Gasteiger partial charge on any atom is 1.00 e. The summed E-state index contributed by atoms with van der Waals surface area (Å²) in [7, 11) is 0.820. The summed E-state index contributed by atoms with van der Waals surface area (Å²) in [6, 6.07) is 21.7. The first-order valence-electron chi connectivity index (χ1n) is 8.64. The fraction of sp³-hybridized carbons (Fsp3) is 0.0526. The van der Waals surface area contributed by atoms with Gasteiger partial charge in [0.2, 0.25) is 0 Å². The quantitative estimate of drug-likeness (QED) is 0.140. The molecule has 0 radical (unpaired) electrons. The molecule has 0 fully saturated rings. The normalized spacial score (nSPS) is 11.3. The Morgan fingerprint density at radius 2 is 0.895 bits per heavy atom. The number of rotatable bonds is 7. The Morgan fingerprint density at radius 1 is 0.605 bits per heavy atom. The zero-order chi connectivity index (χ0) is 23.8. The Kier molecular flexibility index (Phi) is 38.6. The summed E-state index contributed by atoms with van der Waals surface area (Å²) in [4.78, 5) is -0.320. The molecule has 0 spiro atoms. The van der Waals surface area contributed by atoms with Gasteiger partial charge in [-0.2, -0.15) is 16.8 Å². The van der Waals surface area contributed by atoms with Gasteiger partial charge in [-0.3, -0.25) is 9.11 Å². The first-order valence-corrected chi connectivity index (χ1v) is 18.1. The standard InChI is InChI=1S/C19H18O6P2S2.2ClH.6Na.Ru.6H/c20-28(21,22)17-12-6-4-10-15(17)26-19(14-8-2-1-3-9-14)27-16-11-5-7-13-18(16)29(23,24)25;;;;;;;;;;;;;;;/h1-13,19,26-27H,(H,20,21,22)(H,23,24,25);2*1H;;;;;;;;;;;;;/q;;;6*+1;+2;6*-1/p-2. The molecule has 0 aliphatic rings. The molecule has 0 bridgehead atoms. The minimum Gasteiger partial charge on any atom is -1.00 e. The zero-order valence-electron chi connectivity index (χ0n) is 28.0. The van der Waals surface area contributed by atoms with Crippen molar-refractivity contribution in [3.05, 3.63) is 84.4 Å². The van der Waals surface area contributed by atoms with Gasteiger partial charge in [-0.05, 0) is 28.3 Å². The van der Waals surface area contributed by atoms with Crippen LogP contribution in [-0.4, -0.2) is 25.9 Å². The average molecular weight is 784 g/mol. The van der Waals surface area contributed by atoms with Crippen molar-refractivity contribution >= 4 is 67.4 Å². The van der Waals surface area contributed by atoms with Gasteiger partial charge >= 0.3 is 212 Å². The van der Waals surface area contributed by atoms with Crippen molar-refractivity contribution in [2.45, 2.75) is 15.2 Å². The molecule has 0 aliphatic carbocycles. The molecule has 2 unspecified atom stereocenters. The van der Waals surface area contributed by atoms with E-state index in [1.807, 2.05) is 30.3 Å². The van der Waals surface area contributed by atoms with Gasteiger partial charge < -0.3 is 8.56 Å². The van der Waals surface area contributed by atoms with E-state index in [9.17, 15) is 25.9 Å². The van der Waals surface area contributed by atoms with Crippen LogP contribution in [0.1, 0.15) is 19.5 Å². The SMILES string of the molecule is O=S(=O)(O)c1ccccc1PC(Pc1ccccc1S(=O)(=O)O)c1ccccc1.[Cl][Ru][Cl].[H-].[H-].[H-].[H-].[H-].[H-].[Na+].[Na+].[Na+].[Na+].[Na+].[Na+]. The number of benzene rings is 3. The van der Waals surface area contributed by atoms with Gasteiger partial charge in [0, 0.05) is 5.40 Å². The summed E-state index contributed by atoms with van der Waals surface area (Å²) >= 11 is -0.346. The van der Waals surface area contributed by atoms with Crippen LogP contribution >= 0.6 is 36.5 Å². The van der Waals surface area contributed by atoms with Crippen LogP contribution in [0.3, 0.4) is 0 Å². The second-order valence-electron chi connectivity index (χ2n) is 6.13. The summed E-state index contributed by atoms with van der Waals surface area (Å²) in [5.74, 6) is 0. The van der Waals surface area contributed by atoms with E-state index in [2.05, 4.69) is 0 Å². The molecule has 38 heavy (non-hydrogen) atoms. The van der Waals surface area contributed by atoms with Gasteiger partial charge in [0.05, 0.1) is 0 Å². The third-order valence-electron chi connectivity index (χ3n) is 4.06. The minimum absolute atomic E-state index is 0. The van der Waals surface area contributed by atoms with E-state index in [0.29, 0.717) is 10.6 Å². The molecule has 2 atom stereocenters. The van der Waals surface area contributed by atoms with Crippen molar-refractivity contribution in [2.75, 3.05) is 0 Å². The van der Waals surface area contributed by atoms with E-state index in [0.717, 1.165) is 5.56 Å². The van der Waals surface area contributed by atoms with Crippen LogP contribution in [0.25, 0.3) is 0 Å². The molecule has 2 N–H and O–H groups in total. The maximum absolute atomic E-state index is 11.8. The summed E-state index contributed by atoms with van der Waals surface area (Å²) in [6.45, 7) is 0. The number of hydrogen-bond acceptors (Lipinski definition) is 4. The topological polar surface area (TPSA) is 109 Å². The Bertz CT molecular complexity index is 1220. The van der Waals surface area contributed by atoms with E-state index < -0.39 is 20.2 Å². The van der Waals surface area contributed by atoms with Gasteiger partial charge in [0.25, 0.3) is 20.2 Å². The Morgan fingerprint density at radius 3 is 1.21 bits per heavy atom. The van der Waals surface area contributed by atoms with Crippen LogP contribution in [0, 0.1) is 0 Å². The van der Waals surface area contributed by atoms with Crippen LogP contribution in [-0.2, 0) is 35.4 Å². The molecule has 0 aromatic heterocycles. The first kappa shape index (κ1) is 53.1. The molecule has 3 aromatic carbocycles. The van der Waals surface area contributed by atoms with Crippen molar-refractivity contribution in [3.8, 4) is 0 Å². The second kappa shape index (κ2) is 27.6. The van der Waals surface area contributed by atoms with E-state index in [4.69, 9.17) is 19.4 Å². The fourth-order valence-electron chi connectivity index (χ4n) is 2.78. The molecule has 19 heteroatoms. The van der Waals surface area contributed by atoms with Crippen molar-refractivity contribution in [1.82, 2.24) is 0 Å². The van der Waals surface area contributed by atoms with E-state index in [-0.39, 0.29) is 233 Å². The smallest absolute Gasteiger partial charge is 1.00 e. The van der Waals surface area contributed by atoms with Crippen molar-refractivity contribution < 1.29 is 227 Å². The van der Waals surface area contributed by atoms with Crippen molar-refractivity contribution in [3.63, 3.8) is 0 Å². The predicted octanol–water partition coefficient (Wildman–Crippen LogP) is -12.7. The van der Waals surface area contributed by atoms with E-state index in [1.165, 1.54) is 24.3 Å². The van der Waals surface area contributed by atoms with Crippen LogP contribution in [0.2, 0.25) is 0 Å². The van der Waals surface area contributed by atoms with Gasteiger partial charge in [-0.15, -0.1) is 0 Å². The average Bonchev–Trinajstić information content (AvgIpc) is 2.74. The molecular weight excluding hydrogens is 760 g/mol. The molecule has 186 valence electrons. The summed E-state index contributed by atoms with van der Waals surface area (Å²) < 4.78 is 66.2. The van der Waals surface area contributed by atoms with Crippen molar-refractivity contribution in [2.24, 2.45) is 0 Å². The largest absolute Gasteiger partial charge is 1.00 e. The molecular formula is C19H24Cl2Na6O6P2RuS2. The molecule has 0 saturated carbocycles. The van der Waals surface area contributed by atoms with Crippen LogP contribution in [0.4, 0.5) is 0 Å². The fourth-order valence-corrected chi connectivity index (χ4v) is 8.50. The molecule has 3 rings (SSSR count). The number of hydrogen-bond donors (Lipinski definition) is 2. The van der Waals surface area contributed by atoms with Gasteiger partial charge in [-0.25, -0.2) is 0 Å². The van der Waals surface area contributed by atoms with Crippen LogP contribution < -0.4 is 188 Å². The Balaban J connectivity index is -0.0000000776. The van der Waals surface area contributed by atoms with Gasteiger partial charge in [0.1, 0.15) is 9.79 Å². The monoisotopic (exact) mass is 784 g/mol. The summed E-state index contributed by atoms with van der Waals surface area (Å²) in [6.07, 6.45) is 0. The molecule has 3 aromatic rings. The zero-order valence-corrected chi connectivity index (χ0v) is 40.9. The minimum atomic E-state index is -4.39. The van der Waals surface area contributed by atoms with Gasteiger partial charge in [0.15, 0.2) is 0 Å². The van der Waals surface area contributed by atoms with Crippen molar-refractivity contribution in [1.29, 1.82) is 0 Å². The molecule has 0 aliphatic heterocycles. The van der Waals surface area contributed by atoms with Crippen LogP contribution in [0.5, 0.6) is 0 Å². The molecule has 6 nitrogen and oxygen atoms in total. The van der Waals surface area contributed by atoms with E-state index in [1.54, 1.807) is 24.3 Å². The summed E-state index contributed by atoms with van der Waals surface area (Å²) in [5.41, 5.74) is 0.902. The molecule has 0 heterocycles. The van der Waals surface area contributed by atoms with Gasteiger partial charge in [-0.1, -0.05) is 83.9 Å². The first-order chi connectivity index (χ1) is 15.1. The molecule has 0 saturated heterocycles. The van der Waals surface area contributed by atoms with Crippen LogP contribution in [0.15, 0.2) is 88.7 Å². The maximum atomic E-state index is 11.8. The Labute approximate surface area is 386 Å².